The van der Waals surface area contributed by atoms with Gasteiger partial charge in [-0.25, -0.2) is 0 Å². The molecular formula is C25H39N3O3. The molecule has 0 radical (unpaired) electrons. The van der Waals surface area contributed by atoms with Crippen LogP contribution in [0.5, 0.6) is 5.75 Å². The lowest BCUT2D eigenvalue weighted by Gasteiger charge is -2.41. The Morgan fingerprint density at radius 3 is 2.65 bits per heavy atom. The van der Waals surface area contributed by atoms with Crippen molar-refractivity contribution < 1.29 is 14.3 Å². The first-order valence-corrected chi connectivity index (χ1v) is 11.9. The number of carbonyl (C=O) groups excluding carboxylic acids is 2. The average Bonchev–Trinajstić information content (AvgIpc) is 2.77. The van der Waals surface area contributed by atoms with Gasteiger partial charge in [0.15, 0.2) is 0 Å². The molecule has 2 heterocycles. The number of benzene rings is 1. The Hall–Kier alpha value is -2.08. The lowest BCUT2D eigenvalue weighted by atomic mass is 9.73. The zero-order valence-electron chi connectivity index (χ0n) is 19.2. The summed E-state index contributed by atoms with van der Waals surface area (Å²) < 4.78 is 5.95. The topological polar surface area (TPSA) is 84.7 Å². The van der Waals surface area contributed by atoms with Crippen LogP contribution in [-0.2, 0) is 16.0 Å². The van der Waals surface area contributed by atoms with Gasteiger partial charge in [0.25, 0.3) is 0 Å². The number of ether oxygens (including phenoxy) is 1. The summed E-state index contributed by atoms with van der Waals surface area (Å²) in [5, 5.41) is 3.11. The van der Waals surface area contributed by atoms with E-state index in [0.29, 0.717) is 51.4 Å². The van der Waals surface area contributed by atoms with E-state index in [1.165, 1.54) is 5.56 Å². The first kappa shape index (κ1) is 23.6. The second-order valence-electron chi connectivity index (χ2n) is 9.61. The first-order valence-electron chi connectivity index (χ1n) is 11.9. The van der Waals surface area contributed by atoms with Gasteiger partial charge in [0.2, 0.25) is 11.8 Å². The van der Waals surface area contributed by atoms with Crippen LogP contribution in [0.25, 0.3) is 0 Å². The molecule has 1 spiro atoms. The van der Waals surface area contributed by atoms with Crippen molar-refractivity contribution in [3.63, 3.8) is 0 Å². The third-order valence-corrected chi connectivity index (χ3v) is 6.78. The lowest BCUT2D eigenvalue weighted by molar-refractivity contribution is -0.142. The summed E-state index contributed by atoms with van der Waals surface area (Å²) in [4.78, 5) is 27.8. The minimum atomic E-state index is -0.443. The van der Waals surface area contributed by atoms with Gasteiger partial charge in [-0.2, -0.15) is 0 Å². The number of fused-ring (bicyclic) bond motifs is 1. The van der Waals surface area contributed by atoms with Crippen molar-refractivity contribution in [1.29, 1.82) is 0 Å². The third-order valence-electron chi connectivity index (χ3n) is 6.78. The standard InChI is InChI=1S/C25H39N3O3/c1-19(2)18-21(26)23(29)28-15-12-25(13-16-28)11-7-3-4-8-20-9-5-6-10-22(20)31-17-14-27-24(25)30/h5-6,9-10,19,21H,3-4,7-8,11-18,26H2,1-2H3,(H,27,30)/t21-/m0/s1. The van der Waals surface area contributed by atoms with Gasteiger partial charge in [-0.1, -0.05) is 44.9 Å². The summed E-state index contributed by atoms with van der Waals surface area (Å²) in [5.74, 6) is 1.46. The number of hydrogen-bond donors (Lipinski definition) is 2. The predicted octanol–water partition coefficient (Wildman–Crippen LogP) is 3.28. The molecule has 6 heteroatoms. The van der Waals surface area contributed by atoms with Crippen LogP contribution >= 0.6 is 0 Å². The number of hydrogen-bond acceptors (Lipinski definition) is 4. The molecule has 2 aliphatic rings. The molecule has 31 heavy (non-hydrogen) atoms. The van der Waals surface area contributed by atoms with Gasteiger partial charge in [-0.05, 0) is 56.1 Å². The van der Waals surface area contributed by atoms with Crippen LogP contribution in [0.2, 0.25) is 0 Å². The second kappa shape index (κ2) is 11.0. The van der Waals surface area contributed by atoms with Crippen molar-refractivity contribution in [2.45, 2.75) is 71.3 Å². The number of likely N-dealkylation sites (tertiary alicyclic amines) is 1. The van der Waals surface area contributed by atoms with Gasteiger partial charge in [0.1, 0.15) is 12.4 Å². The normalized spacial score (nSPS) is 21.2. The summed E-state index contributed by atoms with van der Waals surface area (Å²) in [5.41, 5.74) is 6.98. The van der Waals surface area contributed by atoms with Crippen molar-refractivity contribution in [3.05, 3.63) is 29.8 Å². The molecule has 2 amide bonds. The Morgan fingerprint density at radius 1 is 1.16 bits per heavy atom. The van der Waals surface area contributed by atoms with E-state index in [1.54, 1.807) is 0 Å². The molecule has 1 aromatic carbocycles. The maximum atomic E-state index is 13.2. The maximum absolute atomic E-state index is 13.2. The van der Waals surface area contributed by atoms with Gasteiger partial charge < -0.3 is 20.7 Å². The van der Waals surface area contributed by atoms with Crippen LogP contribution in [0.1, 0.15) is 64.4 Å². The smallest absolute Gasteiger partial charge is 0.239 e. The third kappa shape index (κ3) is 6.22. The summed E-state index contributed by atoms with van der Waals surface area (Å²) in [6.07, 6.45) is 7.20. The molecule has 0 saturated carbocycles. The monoisotopic (exact) mass is 429 g/mol. The lowest BCUT2D eigenvalue weighted by Crippen LogP contribution is -2.53. The molecule has 0 aromatic heterocycles. The van der Waals surface area contributed by atoms with E-state index in [2.05, 4.69) is 31.3 Å². The number of para-hydroxylation sites is 1. The van der Waals surface area contributed by atoms with Gasteiger partial charge in [0.05, 0.1) is 18.0 Å². The molecule has 1 saturated heterocycles. The van der Waals surface area contributed by atoms with Crippen LogP contribution in [-0.4, -0.2) is 49.0 Å². The Kier molecular flexibility index (Phi) is 8.35. The molecule has 1 aromatic rings. The summed E-state index contributed by atoms with van der Waals surface area (Å²) in [7, 11) is 0. The number of nitrogens with two attached hydrogens (primary N) is 1. The molecule has 3 N–H and O–H groups in total. The number of nitrogens with zero attached hydrogens (tertiary/aromatic N) is 1. The summed E-state index contributed by atoms with van der Waals surface area (Å²) in [6.45, 7) is 6.35. The largest absolute Gasteiger partial charge is 0.491 e. The van der Waals surface area contributed by atoms with E-state index < -0.39 is 6.04 Å². The van der Waals surface area contributed by atoms with E-state index in [4.69, 9.17) is 10.5 Å². The van der Waals surface area contributed by atoms with Crippen molar-refractivity contribution in [2.24, 2.45) is 17.1 Å². The average molecular weight is 430 g/mol. The van der Waals surface area contributed by atoms with Crippen molar-refractivity contribution in [3.8, 4) is 5.75 Å². The fraction of sp³-hybridized carbons (Fsp3) is 0.680. The fourth-order valence-corrected chi connectivity index (χ4v) is 4.91. The van der Waals surface area contributed by atoms with Gasteiger partial charge in [-0.3, -0.25) is 9.59 Å². The number of rotatable bonds is 3. The van der Waals surface area contributed by atoms with E-state index >= 15 is 0 Å². The number of amides is 2. The molecule has 3 rings (SSSR count). The molecule has 172 valence electrons. The molecule has 0 unspecified atom stereocenters. The Bertz CT molecular complexity index is 741. The first-order chi connectivity index (χ1) is 14.9. The van der Waals surface area contributed by atoms with E-state index in [1.807, 2.05) is 17.0 Å². The summed E-state index contributed by atoms with van der Waals surface area (Å²) in [6, 6.07) is 7.74. The maximum Gasteiger partial charge on any atom is 0.239 e. The van der Waals surface area contributed by atoms with Crippen molar-refractivity contribution in [2.75, 3.05) is 26.2 Å². The van der Waals surface area contributed by atoms with E-state index in [0.717, 1.165) is 37.9 Å². The number of carbonyl (C=O) groups is 2. The quantitative estimate of drug-likeness (QED) is 0.772. The number of aryl methyl sites for hydroxylation is 1. The molecule has 0 aliphatic carbocycles. The Labute approximate surface area is 186 Å². The van der Waals surface area contributed by atoms with Gasteiger partial charge in [0, 0.05) is 13.1 Å². The van der Waals surface area contributed by atoms with E-state index in [-0.39, 0.29) is 17.2 Å². The molecular weight excluding hydrogens is 390 g/mol. The molecule has 1 fully saturated rings. The van der Waals surface area contributed by atoms with Crippen LogP contribution in [0.15, 0.2) is 24.3 Å². The Morgan fingerprint density at radius 2 is 1.90 bits per heavy atom. The zero-order valence-corrected chi connectivity index (χ0v) is 19.2. The molecule has 0 bridgehead atoms. The van der Waals surface area contributed by atoms with Crippen LogP contribution < -0.4 is 15.8 Å². The van der Waals surface area contributed by atoms with Crippen molar-refractivity contribution >= 4 is 11.8 Å². The van der Waals surface area contributed by atoms with Gasteiger partial charge in [-0.15, -0.1) is 0 Å². The van der Waals surface area contributed by atoms with Gasteiger partial charge >= 0.3 is 0 Å². The summed E-state index contributed by atoms with van der Waals surface area (Å²) >= 11 is 0. The number of piperidine rings is 1. The zero-order chi connectivity index (χ0) is 22.3. The van der Waals surface area contributed by atoms with Crippen molar-refractivity contribution in [1.82, 2.24) is 10.2 Å². The highest BCUT2D eigenvalue weighted by Gasteiger charge is 2.42. The molecule has 6 nitrogen and oxygen atoms in total. The SMILES string of the molecule is CC(C)C[C@H](N)C(=O)N1CCC2(CCCCCc3ccccc3OCCNC2=O)CC1. The highest BCUT2D eigenvalue weighted by molar-refractivity contribution is 5.84. The minimum Gasteiger partial charge on any atom is -0.491 e. The van der Waals surface area contributed by atoms with Crippen LogP contribution in [0.3, 0.4) is 0 Å². The molecule has 1 atom stereocenters. The highest BCUT2D eigenvalue weighted by atomic mass is 16.5. The fourth-order valence-electron chi connectivity index (χ4n) is 4.91. The molecule has 2 aliphatic heterocycles. The number of nitrogens with one attached hydrogen (secondary N) is 1. The van der Waals surface area contributed by atoms with E-state index in [9.17, 15) is 9.59 Å². The minimum absolute atomic E-state index is 0.0276. The van der Waals surface area contributed by atoms with Crippen LogP contribution in [0.4, 0.5) is 0 Å². The predicted molar refractivity (Wildman–Crippen MR) is 123 cm³/mol. The Balaban J connectivity index is 1.61. The highest BCUT2D eigenvalue weighted by Crippen LogP contribution is 2.38. The van der Waals surface area contributed by atoms with Crippen LogP contribution in [0, 0.1) is 11.3 Å². The second-order valence-corrected chi connectivity index (χ2v) is 9.61.